The first kappa shape index (κ1) is 14.1. The van der Waals surface area contributed by atoms with Gasteiger partial charge >= 0.3 is 6.18 Å². The van der Waals surface area contributed by atoms with Gasteiger partial charge < -0.3 is 4.74 Å². The number of rotatable bonds is 3. The first-order valence-electron chi connectivity index (χ1n) is 6.14. The molecular formula is C13H16F3NO2. The van der Waals surface area contributed by atoms with Crippen molar-refractivity contribution in [3.05, 3.63) is 29.3 Å². The zero-order valence-electron chi connectivity index (χ0n) is 10.6. The van der Waals surface area contributed by atoms with Gasteiger partial charge in [-0.2, -0.15) is 18.7 Å². The Bertz CT molecular complexity index is 434. The van der Waals surface area contributed by atoms with Crippen LogP contribution in [-0.2, 0) is 4.84 Å². The molecule has 1 aliphatic heterocycles. The Morgan fingerprint density at radius 1 is 1.42 bits per heavy atom. The van der Waals surface area contributed by atoms with Gasteiger partial charge in [0.25, 0.3) is 0 Å². The van der Waals surface area contributed by atoms with Gasteiger partial charge in [-0.15, -0.1) is 0 Å². The fraction of sp³-hybridized carbons (Fsp3) is 0.538. The van der Waals surface area contributed by atoms with Crippen molar-refractivity contribution in [2.75, 3.05) is 13.2 Å². The fourth-order valence-electron chi connectivity index (χ4n) is 2.11. The number of hydroxylamine groups is 1. The van der Waals surface area contributed by atoms with E-state index in [0.717, 1.165) is 23.3 Å². The molecule has 0 amide bonds. The lowest BCUT2D eigenvalue weighted by atomic mass is 10.0. The van der Waals surface area contributed by atoms with Crippen LogP contribution in [0.2, 0.25) is 0 Å². The molecule has 106 valence electrons. The molecule has 1 heterocycles. The van der Waals surface area contributed by atoms with Crippen molar-refractivity contribution in [3.63, 3.8) is 0 Å². The number of aryl methyl sites for hydroxylation is 1. The Hall–Kier alpha value is -1.27. The largest absolute Gasteiger partial charge is 0.493 e. The summed E-state index contributed by atoms with van der Waals surface area (Å²) >= 11 is 0. The second-order valence-corrected chi connectivity index (χ2v) is 4.56. The van der Waals surface area contributed by atoms with E-state index in [4.69, 9.17) is 4.74 Å². The summed E-state index contributed by atoms with van der Waals surface area (Å²) in [4.78, 5) is 4.56. The van der Waals surface area contributed by atoms with Crippen LogP contribution >= 0.6 is 0 Å². The van der Waals surface area contributed by atoms with E-state index in [0.29, 0.717) is 13.0 Å². The third kappa shape index (κ3) is 3.84. The van der Waals surface area contributed by atoms with Crippen LogP contribution in [0.25, 0.3) is 0 Å². The zero-order chi connectivity index (χ0) is 13.9. The molecule has 6 heteroatoms. The number of alkyl halides is 3. The molecule has 1 atom stereocenters. The highest BCUT2D eigenvalue weighted by atomic mass is 19.4. The first-order chi connectivity index (χ1) is 8.97. The molecule has 1 unspecified atom stereocenters. The number of hydrogen-bond acceptors (Lipinski definition) is 3. The fourth-order valence-corrected chi connectivity index (χ4v) is 2.11. The highest BCUT2D eigenvalue weighted by Crippen LogP contribution is 2.34. The number of para-hydroxylation sites is 1. The summed E-state index contributed by atoms with van der Waals surface area (Å²) in [6.07, 6.45) is -2.89. The van der Waals surface area contributed by atoms with Gasteiger partial charge in [0.1, 0.15) is 5.75 Å². The Labute approximate surface area is 109 Å². The molecule has 0 bridgehead atoms. The van der Waals surface area contributed by atoms with E-state index in [1.165, 1.54) is 0 Å². The molecule has 2 rings (SSSR count). The molecule has 1 aromatic rings. The van der Waals surface area contributed by atoms with E-state index in [-0.39, 0.29) is 6.04 Å². The minimum absolute atomic E-state index is 0.278. The normalized spacial score (nSPS) is 19.5. The summed E-state index contributed by atoms with van der Waals surface area (Å²) < 4.78 is 41.8. The van der Waals surface area contributed by atoms with Crippen LogP contribution in [0.3, 0.4) is 0 Å². The maximum atomic E-state index is 12.1. The van der Waals surface area contributed by atoms with Crippen LogP contribution in [0.1, 0.15) is 30.0 Å². The lowest BCUT2D eigenvalue weighted by Gasteiger charge is -2.19. The van der Waals surface area contributed by atoms with Crippen LogP contribution in [0, 0.1) is 6.92 Å². The van der Waals surface area contributed by atoms with Crippen molar-refractivity contribution in [1.29, 1.82) is 0 Å². The van der Waals surface area contributed by atoms with E-state index in [1.54, 1.807) is 0 Å². The predicted molar refractivity (Wildman–Crippen MR) is 63.8 cm³/mol. The molecular weight excluding hydrogens is 259 g/mol. The number of benzene rings is 1. The molecule has 3 nitrogen and oxygen atoms in total. The van der Waals surface area contributed by atoms with Gasteiger partial charge in [0.15, 0.2) is 6.61 Å². The molecule has 19 heavy (non-hydrogen) atoms. The maximum Gasteiger partial charge on any atom is 0.413 e. The van der Waals surface area contributed by atoms with Gasteiger partial charge in [0.05, 0.1) is 12.6 Å². The summed E-state index contributed by atoms with van der Waals surface area (Å²) in [6, 6.07) is 5.35. The van der Waals surface area contributed by atoms with Crippen LogP contribution in [0.4, 0.5) is 13.2 Å². The number of nitrogens with one attached hydrogen (secondary N) is 1. The molecule has 0 saturated heterocycles. The number of hydrogen-bond donors (Lipinski definition) is 1. The van der Waals surface area contributed by atoms with Crippen molar-refractivity contribution >= 4 is 0 Å². The maximum absolute atomic E-state index is 12.1. The summed E-state index contributed by atoms with van der Waals surface area (Å²) in [5, 5.41) is 0. The van der Waals surface area contributed by atoms with Gasteiger partial charge in [0, 0.05) is 5.56 Å². The molecule has 1 N–H and O–H groups in total. The summed E-state index contributed by atoms with van der Waals surface area (Å²) in [5.74, 6) is 0.744. The SMILES string of the molecule is Cc1cccc2c1OCCCC2NOCC(F)(F)F. The van der Waals surface area contributed by atoms with Crippen molar-refractivity contribution < 1.29 is 22.7 Å². The highest BCUT2D eigenvalue weighted by Gasteiger charge is 2.29. The highest BCUT2D eigenvalue weighted by molar-refractivity contribution is 5.43. The van der Waals surface area contributed by atoms with Gasteiger partial charge in [-0.25, -0.2) is 0 Å². The molecule has 0 spiro atoms. The van der Waals surface area contributed by atoms with Crippen LogP contribution < -0.4 is 10.2 Å². The van der Waals surface area contributed by atoms with Gasteiger partial charge in [-0.1, -0.05) is 18.2 Å². The Morgan fingerprint density at radius 3 is 2.95 bits per heavy atom. The van der Waals surface area contributed by atoms with E-state index in [1.807, 2.05) is 25.1 Å². The van der Waals surface area contributed by atoms with Gasteiger partial charge in [0.2, 0.25) is 0 Å². The molecule has 0 aliphatic carbocycles. The average molecular weight is 275 g/mol. The Morgan fingerprint density at radius 2 is 2.21 bits per heavy atom. The minimum Gasteiger partial charge on any atom is -0.493 e. The van der Waals surface area contributed by atoms with Gasteiger partial charge in [-0.05, 0) is 25.3 Å². The predicted octanol–water partition coefficient (Wildman–Crippen LogP) is 3.29. The van der Waals surface area contributed by atoms with Crippen LogP contribution in [0.5, 0.6) is 5.75 Å². The molecule has 0 fully saturated rings. The molecule has 0 aromatic heterocycles. The van der Waals surface area contributed by atoms with E-state index >= 15 is 0 Å². The average Bonchev–Trinajstić information content (AvgIpc) is 2.52. The lowest BCUT2D eigenvalue weighted by Crippen LogP contribution is -2.28. The van der Waals surface area contributed by atoms with Crippen LogP contribution in [0.15, 0.2) is 18.2 Å². The van der Waals surface area contributed by atoms with Crippen molar-refractivity contribution in [1.82, 2.24) is 5.48 Å². The van der Waals surface area contributed by atoms with E-state index in [2.05, 4.69) is 10.3 Å². The molecule has 1 aromatic carbocycles. The van der Waals surface area contributed by atoms with Crippen molar-refractivity contribution in [2.45, 2.75) is 32.0 Å². The lowest BCUT2D eigenvalue weighted by molar-refractivity contribution is -0.193. The third-order valence-corrected chi connectivity index (χ3v) is 2.96. The smallest absolute Gasteiger partial charge is 0.413 e. The summed E-state index contributed by atoms with van der Waals surface area (Å²) in [5.41, 5.74) is 4.32. The second-order valence-electron chi connectivity index (χ2n) is 4.56. The number of halogens is 3. The zero-order valence-corrected chi connectivity index (χ0v) is 10.6. The van der Waals surface area contributed by atoms with Crippen molar-refractivity contribution in [3.8, 4) is 5.75 Å². The van der Waals surface area contributed by atoms with Crippen molar-refractivity contribution in [2.24, 2.45) is 0 Å². The molecule has 1 aliphatic rings. The standard InChI is InChI=1S/C13H16F3NO2/c1-9-4-2-5-10-11(6-3-7-18-12(9)10)17-19-8-13(14,15)16/h2,4-5,11,17H,3,6-8H2,1H3. The summed E-state index contributed by atoms with van der Waals surface area (Å²) in [6.45, 7) is 1.18. The Balaban J connectivity index is 2.07. The van der Waals surface area contributed by atoms with Crippen LogP contribution in [-0.4, -0.2) is 19.4 Å². The quantitative estimate of drug-likeness (QED) is 0.859. The van der Waals surface area contributed by atoms with E-state index in [9.17, 15) is 13.2 Å². The topological polar surface area (TPSA) is 30.5 Å². The second kappa shape index (κ2) is 5.79. The first-order valence-corrected chi connectivity index (χ1v) is 6.14. The third-order valence-electron chi connectivity index (χ3n) is 2.96. The monoisotopic (exact) mass is 275 g/mol. The molecule has 0 saturated carbocycles. The van der Waals surface area contributed by atoms with Gasteiger partial charge in [-0.3, -0.25) is 4.84 Å². The number of ether oxygens (including phenoxy) is 1. The summed E-state index contributed by atoms with van der Waals surface area (Å²) in [7, 11) is 0. The van der Waals surface area contributed by atoms with E-state index < -0.39 is 12.8 Å². The Kier molecular flexibility index (Phi) is 4.31. The number of fused-ring (bicyclic) bond motifs is 1. The molecule has 0 radical (unpaired) electrons. The minimum atomic E-state index is -4.33.